The Morgan fingerprint density at radius 3 is 2.68 bits per heavy atom. The Kier molecular flexibility index (Phi) is 5.35. The summed E-state index contributed by atoms with van der Waals surface area (Å²) in [5, 5.41) is 0. The minimum absolute atomic E-state index is 0.0760. The van der Waals surface area contributed by atoms with Crippen LogP contribution in [0.5, 0.6) is 11.5 Å². The highest BCUT2D eigenvalue weighted by atomic mass is 79.9. The molecule has 0 fully saturated rings. The topological polar surface area (TPSA) is 76.7 Å². The third-order valence-corrected chi connectivity index (χ3v) is 3.88. The van der Waals surface area contributed by atoms with E-state index in [4.69, 9.17) is 9.47 Å². The SMILES string of the molecule is O=C(/C=C/c1cccc(Br)c1)NNC(=O)[C@@H]1COc2ccccc2O1. The Morgan fingerprint density at radius 2 is 1.88 bits per heavy atom. The highest BCUT2D eigenvalue weighted by Gasteiger charge is 2.27. The molecule has 0 aliphatic carbocycles. The standard InChI is InChI=1S/C18H15BrN2O4/c19-13-5-3-4-12(10-13)8-9-17(22)20-21-18(23)16-11-24-14-6-1-2-7-15(14)25-16/h1-10,16H,11H2,(H,20,22)(H,21,23)/b9-8+/t16-/m0/s1. The zero-order valence-corrected chi connectivity index (χ0v) is 14.7. The number of hydrogen-bond donors (Lipinski definition) is 2. The van der Waals surface area contributed by atoms with Crippen molar-refractivity contribution in [1.82, 2.24) is 10.9 Å². The summed E-state index contributed by atoms with van der Waals surface area (Å²) in [5.41, 5.74) is 5.50. The van der Waals surface area contributed by atoms with Crippen molar-refractivity contribution in [3.8, 4) is 11.5 Å². The van der Waals surface area contributed by atoms with E-state index in [1.165, 1.54) is 6.08 Å². The molecule has 0 radical (unpaired) electrons. The third kappa shape index (κ3) is 4.60. The molecule has 3 rings (SSSR count). The number of benzene rings is 2. The Balaban J connectivity index is 1.50. The molecular weight excluding hydrogens is 388 g/mol. The maximum absolute atomic E-state index is 12.1. The molecule has 2 N–H and O–H groups in total. The van der Waals surface area contributed by atoms with Gasteiger partial charge in [0, 0.05) is 10.5 Å². The molecule has 0 aromatic heterocycles. The summed E-state index contributed by atoms with van der Waals surface area (Å²) >= 11 is 3.36. The lowest BCUT2D eigenvalue weighted by Crippen LogP contribution is -2.50. The van der Waals surface area contributed by atoms with Gasteiger partial charge in [-0.05, 0) is 35.9 Å². The lowest BCUT2D eigenvalue weighted by atomic mass is 10.2. The zero-order valence-electron chi connectivity index (χ0n) is 13.1. The van der Waals surface area contributed by atoms with Crippen LogP contribution in [0.2, 0.25) is 0 Å². The molecule has 2 amide bonds. The number of hydrazine groups is 1. The molecule has 1 aliphatic rings. The van der Waals surface area contributed by atoms with Crippen LogP contribution in [-0.4, -0.2) is 24.5 Å². The second-order valence-electron chi connectivity index (χ2n) is 5.23. The maximum Gasteiger partial charge on any atom is 0.283 e. The van der Waals surface area contributed by atoms with E-state index in [9.17, 15) is 9.59 Å². The summed E-state index contributed by atoms with van der Waals surface area (Å²) in [6.07, 6.45) is 2.14. The van der Waals surface area contributed by atoms with E-state index < -0.39 is 17.9 Å². The van der Waals surface area contributed by atoms with Crippen LogP contribution in [-0.2, 0) is 9.59 Å². The molecule has 1 atom stereocenters. The number of carbonyl (C=O) groups excluding carboxylic acids is 2. The molecule has 1 heterocycles. The summed E-state index contributed by atoms with van der Waals surface area (Å²) in [5.74, 6) is 0.145. The number of rotatable bonds is 3. The summed E-state index contributed by atoms with van der Waals surface area (Å²) in [7, 11) is 0. The minimum Gasteiger partial charge on any atom is -0.485 e. The van der Waals surface area contributed by atoms with Crippen LogP contribution in [0, 0.1) is 0 Å². The van der Waals surface area contributed by atoms with Gasteiger partial charge in [0.1, 0.15) is 6.61 Å². The molecule has 0 spiro atoms. The van der Waals surface area contributed by atoms with E-state index in [1.807, 2.05) is 30.3 Å². The summed E-state index contributed by atoms with van der Waals surface area (Å²) in [4.78, 5) is 23.9. The molecule has 2 aromatic carbocycles. The summed E-state index contributed by atoms with van der Waals surface area (Å²) < 4.78 is 11.9. The average Bonchev–Trinajstić information content (AvgIpc) is 2.64. The van der Waals surface area contributed by atoms with Gasteiger partial charge in [-0.2, -0.15) is 0 Å². The molecular formula is C18H15BrN2O4. The van der Waals surface area contributed by atoms with Gasteiger partial charge in [-0.25, -0.2) is 0 Å². The number of fused-ring (bicyclic) bond motifs is 1. The normalized spacial score (nSPS) is 15.6. The molecule has 1 aliphatic heterocycles. The molecule has 0 bridgehead atoms. The zero-order chi connectivity index (χ0) is 17.6. The highest BCUT2D eigenvalue weighted by Crippen LogP contribution is 2.30. The predicted molar refractivity (Wildman–Crippen MR) is 95.8 cm³/mol. The summed E-state index contributed by atoms with van der Waals surface area (Å²) in [6, 6.07) is 14.6. The second kappa shape index (κ2) is 7.85. The van der Waals surface area contributed by atoms with Crippen molar-refractivity contribution in [1.29, 1.82) is 0 Å². The lowest BCUT2D eigenvalue weighted by molar-refractivity contribution is -0.134. The molecule has 25 heavy (non-hydrogen) atoms. The maximum atomic E-state index is 12.1. The van der Waals surface area contributed by atoms with Crippen LogP contribution in [0.15, 0.2) is 59.1 Å². The van der Waals surface area contributed by atoms with Crippen LogP contribution >= 0.6 is 15.9 Å². The first-order valence-corrected chi connectivity index (χ1v) is 8.33. The quantitative estimate of drug-likeness (QED) is 0.610. The first-order valence-electron chi connectivity index (χ1n) is 7.54. The monoisotopic (exact) mass is 402 g/mol. The van der Waals surface area contributed by atoms with Gasteiger partial charge < -0.3 is 9.47 Å². The first kappa shape index (κ1) is 17.0. The highest BCUT2D eigenvalue weighted by molar-refractivity contribution is 9.10. The molecule has 2 aromatic rings. The van der Waals surface area contributed by atoms with Crippen LogP contribution in [0.1, 0.15) is 5.56 Å². The van der Waals surface area contributed by atoms with Gasteiger partial charge in [-0.1, -0.05) is 40.2 Å². The molecule has 7 heteroatoms. The molecule has 0 saturated heterocycles. The Hall–Kier alpha value is -2.80. The fourth-order valence-corrected chi connectivity index (χ4v) is 2.59. The van der Waals surface area contributed by atoms with Gasteiger partial charge in [-0.3, -0.25) is 20.4 Å². The average molecular weight is 403 g/mol. The number of nitrogens with one attached hydrogen (secondary N) is 2. The van der Waals surface area contributed by atoms with E-state index in [2.05, 4.69) is 26.8 Å². The van der Waals surface area contributed by atoms with Gasteiger partial charge in [0.25, 0.3) is 11.8 Å². The van der Waals surface area contributed by atoms with Crippen molar-refractivity contribution in [3.05, 3.63) is 64.6 Å². The lowest BCUT2D eigenvalue weighted by Gasteiger charge is -2.25. The van der Waals surface area contributed by atoms with E-state index in [0.717, 1.165) is 10.0 Å². The van der Waals surface area contributed by atoms with Gasteiger partial charge >= 0.3 is 0 Å². The molecule has 128 valence electrons. The fourth-order valence-electron chi connectivity index (χ4n) is 2.18. The van der Waals surface area contributed by atoms with Crippen molar-refractivity contribution < 1.29 is 19.1 Å². The number of carbonyl (C=O) groups is 2. The second-order valence-corrected chi connectivity index (χ2v) is 6.15. The van der Waals surface area contributed by atoms with Crippen LogP contribution in [0.25, 0.3) is 6.08 Å². The fraction of sp³-hybridized carbons (Fsp3) is 0.111. The Labute approximate surface area is 152 Å². The van der Waals surface area contributed by atoms with Crippen molar-refractivity contribution in [2.24, 2.45) is 0 Å². The van der Waals surface area contributed by atoms with E-state index >= 15 is 0 Å². The van der Waals surface area contributed by atoms with Crippen LogP contribution in [0.4, 0.5) is 0 Å². The van der Waals surface area contributed by atoms with Gasteiger partial charge in [0.2, 0.25) is 6.10 Å². The summed E-state index contributed by atoms with van der Waals surface area (Å²) in [6.45, 7) is 0.0760. The Bertz CT molecular complexity index is 822. The number of para-hydroxylation sites is 2. The first-order chi connectivity index (χ1) is 12.1. The van der Waals surface area contributed by atoms with Crippen LogP contribution < -0.4 is 20.3 Å². The third-order valence-electron chi connectivity index (χ3n) is 3.39. The van der Waals surface area contributed by atoms with Crippen molar-refractivity contribution in [3.63, 3.8) is 0 Å². The van der Waals surface area contributed by atoms with E-state index in [0.29, 0.717) is 11.5 Å². The van der Waals surface area contributed by atoms with Crippen LogP contribution in [0.3, 0.4) is 0 Å². The van der Waals surface area contributed by atoms with E-state index in [1.54, 1.807) is 24.3 Å². The number of ether oxygens (including phenoxy) is 2. The minimum atomic E-state index is -0.829. The van der Waals surface area contributed by atoms with Gasteiger partial charge in [0.05, 0.1) is 0 Å². The van der Waals surface area contributed by atoms with Gasteiger partial charge in [0.15, 0.2) is 11.5 Å². The largest absolute Gasteiger partial charge is 0.485 e. The van der Waals surface area contributed by atoms with Gasteiger partial charge in [-0.15, -0.1) is 0 Å². The molecule has 0 saturated carbocycles. The number of amides is 2. The van der Waals surface area contributed by atoms with Crippen molar-refractivity contribution >= 4 is 33.8 Å². The molecule has 0 unspecified atom stereocenters. The predicted octanol–water partition coefficient (Wildman–Crippen LogP) is 2.45. The van der Waals surface area contributed by atoms with Crippen molar-refractivity contribution in [2.45, 2.75) is 6.10 Å². The van der Waals surface area contributed by atoms with E-state index in [-0.39, 0.29) is 6.61 Å². The molecule has 6 nitrogen and oxygen atoms in total. The number of hydrogen-bond acceptors (Lipinski definition) is 4. The Morgan fingerprint density at radius 1 is 1.08 bits per heavy atom. The van der Waals surface area contributed by atoms with Crippen molar-refractivity contribution in [2.75, 3.05) is 6.61 Å². The number of halogens is 1. The smallest absolute Gasteiger partial charge is 0.283 e.